The predicted molar refractivity (Wildman–Crippen MR) is 75.7 cm³/mol. The number of carbonyl (C=O) groups excluding carboxylic acids is 1. The SMILES string of the molecule is CCOC1=C([C@@H](C[N+](=O)[O-])c2ccccc2Cl)C(=O)CO1. The Kier molecular flexibility index (Phi) is 4.80. The van der Waals surface area contributed by atoms with Gasteiger partial charge in [-0.05, 0) is 18.6 Å². The van der Waals surface area contributed by atoms with Gasteiger partial charge in [0.15, 0.2) is 6.61 Å². The van der Waals surface area contributed by atoms with Crippen LogP contribution < -0.4 is 0 Å². The Morgan fingerprint density at radius 1 is 1.48 bits per heavy atom. The monoisotopic (exact) mass is 311 g/mol. The van der Waals surface area contributed by atoms with E-state index < -0.39 is 17.4 Å². The summed E-state index contributed by atoms with van der Waals surface area (Å²) in [5, 5.41) is 11.3. The van der Waals surface area contributed by atoms with Crippen LogP contribution in [0.1, 0.15) is 18.4 Å². The van der Waals surface area contributed by atoms with Crippen molar-refractivity contribution in [3.05, 3.63) is 56.5 Å². The van der Waals surface area contributed by atoms with Gasteiger partial charge in [0.05, 0.1) is 18.1 Å². The minimum absolute atomic E-state index is 0.0641. The normalized spacial score (nSPS) is 15.8. The fourth-order valence-corrected chi connectivity index (χ4v) is 2.51. The van der Waals surface area contributed by atoms with Gasteiger partial charge in [-0.25, -0.2) is 0 Å². The topological polar surface area (TPSA) is 78.7 Å². The number of hydrogen-bond acceptors (Lipinski definition) is 5. The maximum atomic E-state index is 12.0. The standard InChI is InChI=1S/C14H14ClNO5/c1-2-20-14-13(12(17)8-21-14)10(7-16(18)19)9-5-3-4-6-11(9)15/h3-6,10H,2,7-8H2,1H3/t10-/m0/s1. The molecular formula is C14H14ClNO5. The van der Waals surface area contributed by atoms with Crippen LogP contribution in [0.3, 0.4) is 0 Å². The largest absolute Gasteiger partial charge is 0.465 e. The molecule has 0 aliphatic carbocycles. The quantitative estimate of drug-likeness (QED) is 0.596. The number of nitro groups is 1. The Morgan fingerprint density at radius 2 is 2.19 bits per heavy atom. The summed E-state index contributed by atoms with van der Waals surface area (Å²) in [6.07, 6.45) is 0. The molecule has 1 aliphatic heterocycles. The first-order valence-corrected chi connectivity index (χ1v) is 6.81. The van der Waals surface area contributed by atoms with Crippen LogP contribution in [0, 0.1) is 10.1 Å². The number of nitrogens with zero attached hydrogens (tertiary/aromatic N) is 1. The smallest absolute Gasteiger partial charge is 0.287 e. The van der Waals surface area contributed by atoms with Gasteiger partial charge >= 0.3 is 0 Å². The minimum atomic E-state index is -0.787. The third kappa shape index (κ3) is 3.33. The summed E-state index contributed by atoms with van der Waals surface area (Å²) >= 11 is 6.12. The van der Waals surface area contributed by atoms with Crippen molar-refractivity contribution >= 4 is 17.4 Å². The molecule has 0 unspecified atom stereocenters. The van der Waals surface area contributed by atoms with Crippen molar-refractivity contribution in [3.63, 3.8) is 0 Å². The molecule has 6 nitrogen and oxygen atoms in total. The molecule has 1 aliphatic rings. The summed E-state index contributed by atoms with van der Waals surface area (Å²) in [6, 6.07) is 6.74. The number of ketones is 1. The Morgan fingerprint density at radius 3 is 2.81 bits per heavy atom. The number of ether oxygens (including phenoxy) is 2. The number of benzene rings is 1. The fraction of sp³-hybridized carbons (Fsp3) is 0.357. The van der Waals surface area contributed by atoms with Gasteiger partial charge in [-0.15, -0.1) is 0 Å². The number of carbonyl (C=O) groups is 1. The molecule has 2 rings (SSSR count). The van der Waals surface area contributed by atoms with Gasteiger partial charge in [-0.2, -0.15) is 0 Å². The molecular weight excluding hydrogens is 298 g/mol. The molecule has 0 radical (unpaired) electrons. The molecule has 0 saturated carbocycles. The number of Topliss-reactive ketones (excluding diaryl/α,β-unsaturated/α-hetero) is 1. The van der Waals surface area contributed by atoms with Crippen molar-refractivity contribution in [2.75, 3.05) is 19.8 Å². The van der Waals surface area contributed by atoms with Gasteiger partial charge in [0.1, 0.15) is 0 Å². The van der Waals surface area contributed by atoms with E-state index in [2.05, 4.69) is 0 Å². The summed E-state index contributed by atoms with van der Waals surface area (Å²) in [5.41, 5.74) is 0.698. The molecule has 0 bridgehead atoms. The van der Waals surface area contributed by atoms with Crippen molar-refractivity contribution in [2.45, 2.75) is 12.8 Å². The highest BCUT2D eigenvalue weighted by Crippen LogP contribution is 2.35. The van der Waals surface area contributed by atoms with Crippen molar-refractivity contribution in [1.82, 2.24) is 0 Å². The second-order valence-electron chi connectivity index (χ2n) is 4.44. The van der Waals surface area contributed by atoms with Crippen molar-refractivity contribution in [2.24, 2.45) is 0 Å². The first-order chi connectivity index (χ1) is 10.0. The summed E-state index contributed by atoms with van der Waals surface area (Å²) in [6.45, 7) is 1.43. The molecule has 0 fully saturated rings. The Balaban J connectivity index is 2.49. The van der Waals surface area contributed by atoms with Gasteiger partial charge in [0.25, 0.3) is 5.95 Å². The zero-order valence-electron chi connectivity index (χ0n) is 11.4. The maximum Gasteiger partial charge on any atom is 0.287 e. The third-order valence-corrected chi connectivity index (χ3v) is 3.44. The lowest BCUT2D eigenvalue weighted by Gasteiger charge is -2.15. The fourth-order valence-electron chi connectivity index (χ4n) is 2.24. The van der Waals surface area contributed by atoms with Crippen molar-refractivity contribution < 1.29 is 19.2 Å². The Labute approximate surface area is 126 Å². The molecule has 1 atom stereocenters. The van der Waals surface area contributed by atoms with E-state index in [-0.39, 0.29) is 23.9 Å². The van der Waals surface area contributed by atoms with E-state index >= 15 is 0 Å². The predicted octanol–water partition coefficient (Wildman–Crippen LogP) is 2.55. The second kappa shape index (κ2) is 6.58. The van der Waals surface area contributed by atoms with Gasteiger partial charge in [0, 0.05) is 9.95 Å². The molecule has 1 heterocycles. The van der Waals surface area contributed by atoms with Crippen LogP contribution in [-0.2, 0) is 14.3 Å². The van der Waals surface area contributed by atoms with Gasteiger partial charge in [-0.1, -0.05) is 29.8 Å². The van der Waals surface area contributed by atoms with E-state index in [9.17, 15) is 14.9 Å². The summed E-state index contributed by atoms with van der Waals surface area (Å²) in [7, 11) is 0. The van der Waals surface area contributed by atoms with Crippen molar-refractivity contribution in [3.8, 4) is 0 Å². The molecule has 112 valence electrons. The first kappa shape index (κ1) is 15.3. The van der Waals surface area contributed by atoms with Crippen LogP contribution in [0.4, 0.5) is 0 Å². The molecule has 1 aromatic rings. The highest BCUT2D eigenvalue weighted by atomic mass is 35.5. The average molecular weight is 312 g/mol. The molecule has 0 amide bonds. The van der Waals surface area contributed by atoms with Gasteiger partial charge in [0.2, 0.25) is 12.3 Å². The molecule has 21 heavy (non-hydrogen) atoms. The van der Waals surface area contributed by atoms with Crippen LogP contribution in [0.15, 0.2) is 35.8 Å². The van der Waals surface area contributed by atoms with E-state index in [0.717, 1.165) is 0 Å². The highest BCUT2D eigenvalue weighted by Gasteiger charge is 2.37. The lowest BCUT2D eigenvalue weighted by Crippen LogP contribution is -2.20. The Bertz CT molecular complexity index is 599. The molecule has 7 heteroatoms. The number of rotatable bonds is 6. The highest BCUT2D eigenvalue weighted by molar-refractivity contribution is 6.31. The summed E-state index contributed by atoms with van der Waals surface area (Å²) in [4.78, 5) is 22.5. The van der Waals surface area contributed by atoms with Crippen LogP contribution in [0.5, 0.6) is 0 Å². The van der Waals surface area contributed by atoms with E-state index in [1.807, 2.05) is 0 Å². The van der Waals surface area contributed by atoms with E-state index in [0.29, 0.717) is 17.2 Å². The number of halogens is 1. The lowest BCUT2D eigenvalue weighted by atomic mass is 9.89. The first-order valence-electron chi connectivity index (χ1n) is 6.43. The van der Waals surface area contributed by atoms with E-state index in [1.54, 1.807) is 31.2 Å². The van der Waals surface area contributed by atoms with E-state index in [1.165, 1.54) is 0 Å². The van der Waals surface area contributed by atoms with Crippen LogP contribution in [0.2, 0.25) is 5.02 Å². The van der Waals surface area contributed by atoms with Crippen molar-refractivity contribution in [1.29, 1.82) is 0 Å². The zero-order chi connectivity index (χ0) is 15.4. The number of hydrogen-bond donors (Lipinski definition) is 0. The van der Waals surface area contributed by atoms with Crippen LogP contribution in [-0.4, -0.2) is 30.5 Å². The van der Waals surface area contributed by atoms with Gasteiger partial charge < -0.3 is 9.47 Å². The van der Waals surface area contributed by atoms with Crippen LogP contribution >= 0.6 is 11.6 Å². The summed E-state index contributed by atoms with van der Waals surface area (Å²) in [5.74, 6) is -1.04. The van der Waals surface area contributed by atoms with Crippen LogP contribution in [0.25, 0.3) is 0 Å². The van der Waals surface area contributed by atoms with E-state index in [4.69, 9.17) is 21.1 Å². The second-order valence-corrected chi connectivity index (χ2v) is 4.84. The molecule has 1 aromatic carbocycles. The molecule has 0 aromatic heterocycles. The Hall–Kier alpha value is -2.08. The third-order valence-electron chi connectivity index (χ3n) is 3.09. The molecule has 0 saturated heterocycles. The maximum absolute atomic E-state index is 12.0. The molecule has 0 N–H and O–H groups in total. The zero-order valence-corrected chi connectivity index (χ0v) is 12.1. The van der Waals surface area contributed by atoms with Gasteiger partial charge in [-0.3, -0.25) is 14.9 Å². The minimum Gasteiger partial charge on any atom is -0.465 e. The summed E-state index contributed by atoms with van der Waals surface area (Å²) < 4.78 is 10.5. The average Bonchev–Trinajstić information content (AvgIpc) is 2.78. The molecule has 0 spiro atoms. The lowest BCUT2D eigenvalue weighted by molar-refractivity contribution is -0.481.